The van der Waals surface area contributed by atoms with Gasteiger partial charge in [0, 0.05) is 0 Å². The Morgan fingerprint density at radius 2 is 1.77 bits per heavy atom. The van der Waals surface area contributed by atoms with Gasteiger partial charge in [-0.05, 0) is 43.5 Å². The summed E-state index contributed by atoms with van der Waals surface area (Å²) in [6.45, 7) is 5.76. The van der Waals surface area contributed by atoms with Crippen LogP contribution in [0.4, 0.5) is 0 Å². The van der Waals surface area contributed by atoms with E-state index < -0.39 is 5.97 Å². The molecule has 0 aliphatic heterocycles. The third-order valence-electron chi connectivity index (χ3n) is 2.29. The fourth-order valence-corrected chi connectivity index (χ4v) is 1.19. The average Bonchev–Trinajstić information content (AvgIpc) is 2.00. The van der Waals surface area contributed by atoms with E-state index in [-0.39, 0.29) is 52.8 Å². The van der Waals surface area contributed by atoms with Gasteiger partial charge in [0.2, 0.25) is 0 Å². The van der Waals surface area contributed by atoms with E-state index in [1.54, 1.807) is 6.07 Å². The number of carbonyl (C=O) groups is 1. The van der Waals surface area contributed by atoms with Crippen molar-refractivity contribution < 1.29 is 62.7 Å². The predicted molar refractivity (Wildman–Crippen MR) is 48.7 cm³/mol. The molecule has 0 amide bonds. The number of benzene rings is 1. The predicted octanol–water partition coefficient (Wildman–Crippen LogP) is -0.573. The molecule has 0 unspecified atom stereocenters. The minimum absolute atomic E-state index is 0. The van der Waals surface area contributed by atoms with Crippen molar-refractivity contribution in [1.29, 1.82) is 0 Å². The molecule has 0 radical (unpaired) electrons. The maximum atomic E-state index is 10.7. The van der Waals surface area contributed by atoms with E-state index in [1.165, 1.54) is 0 Å². The Morgan fingerprint density at radius 3 is 2.23 bits per heavy atom. The van der Waals surface area contributed by atoms with Crippen LogP contribution in [0, 0.1) is 20.8 Å². The van der Waals surface area contributed by atoms with E-state index in [9.17, 15) is 4.79 Å². The van der Waals surface area contributed by atoms with Gasteiger partial charge in [-0.3, -0.25) is 0 Å². The monoisotopic (exact) mass is 204 g/mol. The molecule has 0 fully saturated rings. The molecule has 2 nitrogen and oxygen atoms in total. The van der Waals surface area contributed by atoms with Crippen LogP contribution in [0.5, 0.6) is 0 Å². The number of aryl methyl sites for hydroxylation is 1. The van der Waals surface area contributed by atoms with Crippen LogP contribution in [0.3, 0.4) is 0 Å². The molecule has 0 spiro atoms. The van der Waals surface area contributed by atoms with Gasteiger partial charge in [-0.1, -0.05) is 6.07 Å². The SMILES string of the molecule is Cc1ccc(C(=O)O)c(C)c1C.[H-].[K+]. The van der Waals surface area contributed by atoms with Gasteiger partial charge in [0.05, 0.1) is 5.56 Å². The Bertz CT molecular complexity index is 337. The molecule has 1 aromatic rings. The minimum atomic E-state index is -0.851. The van der Waals surface area contributed by atoms with Crippen molar-refractivity contribution in [2.45, 2.75) is 20.8 Å². The number of aromatic carboxylic acids is 1. The van der Waals surface area contributed by atoms with E-state index in [0.29, 0.717) is 5.56 Å². The second-order valence-corrected chi connectivity index (χ2v) is 2.99. The molecule has 0 bridgehead atoms. The fraction of sp³-hybridized carbons (Fsp3) is 0.300. The van der Waals surface area contributed by atoms with E-state index in [1.807, 2.05) is 26.8 Å². The Hall–Kier alpha value is 0.326. The summed E-state index contributed by atoms with van der Waals surface area (Å²) < 4.78 is 0. The Balaban J connectivity index is 0. The maximum Gasteiger partial charge on any atom is 1.00 e. The van der Waals surface area contributed by atoms with Gasteiger partial charge in [0.15, 0.2) is 0 Å². The molecule has 1 aromatic carbocycles. The molecule has 3 heteroatoms. The largest absolute Gasteiger partial charge is 1.00 e. The second-order valence-electron chi connectivity index (χ2n) is 2.99. The van der Waals surface area contributed by atoms with Gasteiger partial charge in [0.25, 0.3) is 0 Å². The van der Waals surface area contributed by atoms with Gasteiger partial charge in [-0.25, -0.2) is 4.79 Å². The van der Waals surface area contributed by atoms with Crippen LogP contribution in [0.15, 0.2) is 12.1 Å². The third kappa shape index (κ3) is 2.89. The molecule has 0 heterocycles. The number of hydrogen-bond donors (Lipinski definition) is 1. The number of carboxylic acids is 1. The van der Waals surface area contributed by atoms with Crippen LogP contribution in [-0.4, -0.2) is 11.1 Å². The molecule has 0 aromatic heterocycles. The van der Waals surface area contributed by atoms with Crippen molar-refractivity contribution in [3.8, 4) is 0 Å². The van der Waals surface area contributed by atoms with Gasteiger partial charge in [-0.2, -0.15) is 0 Å². The molecule has 0 saturated heterocycles. The molecular weight excluding hydrogens is 191 g/mol. The first-order valence-electron chi connectivity index (χ1n) is 3.84. The standard InChI is InChI=1S/C10H12O2.K.H/c1-6-4-5-9(10(11)12)8(3)7(6)2;;/h4-5H,1-3H3,(H,11,12);;/q;+1;-1. The van der Waals surface area contributed by atoms with Crippen LogP contribution >= 0.6 is 0 Å². The van der Waals surface area contributed by atoms with Crippen molar-refractivity contribution in [3.63, 3.8) is 0 Å². The zero-order valence-corrected chi connectivity index (χ0v) is 11.6. The summed E-state index contributed by atoms with van der Waals surface area (Å²) in [6, 6.07) is 3.49. The topological polar surface area (TPSA) is 37.3 Å². The molecule has 1 N–H and O–H groups in total. The third-order valence-corrected chi connectivity index (χ3v) is 2.29. The molecule has 0 atom stereocenters. The number of carboxylic acid groups (broad SMARTS) is 1. The summed E-state index contributed by atoms with van der Waals surface area (Å²) >= 11 is 0. The molecule has 0 saturated carbocycles. The van der Waals surface area contributed by atoms with Crippen LogP contribution < -0.4 is 51.4 Å². The van der Waals surface area contributed by atoms with Gasteiger partial charge < -0.3 is 6.53 Å². The number of hydrogen-bond acceptors (Lipinski definition) is 1. The van der Waals surface area contributed by atoms with Gasteiger partial charge in [-0.15, -0.1) is 0 Å². The quantitative estimate of drug-likeness (QED) is 0.622. The van der Waals surface area contributed by atoms with E-state index in [2.05, 4.69) is 0 Å². The van der Waals surface area contributed by atoms with E-state index in [4.69, 9.17) is 5.11 Å². The smallest absolute Gasteiger partial charge is 1.00 e. The average molecular weight is 204 g/mol. The first kappa shape index (κ1) is 13.3. The van der Waals surface area contributed by atoms with Crippen molar-refractivity contribution >= 4 is 5.97 Å². The summed E-state index contributed by atoms with van der Waals surface area (Å²) in [7, 11) is 0. The second kappa shape index (κ2) is 5.27. The van der Waals surface area contributed by atoms with Crippen molar-refractivity contribution in [2.75, 3.05) is 0 Å². The summed E-state index contributed by atoms with van der Waals surface area (Å²) in [5, 5.41) is 8.78. The zero-order chi connectivity index (χ0) is 9.30. The molecule has 0 aliphatic rings. The first-order valence-corrected chi connectivity index (χ1v) is 3.84. The minimum Gasteiger partial charge on any atom is -1.00 e. The van der Waals surface area contributed by atoms with E-state index >= 15 is 0 Å². The summed E-state index contributed by atoms with van der Waals surface area (Å²) in [4.78, 5) is 10.7. The summed E-state index contributed by atoms with van der Waals surface area (Å²) in [6.07, 6.45) is 0. The number of rotatable bonds is 1. The van der Waals surface area contributed by atoms with Crippen LogP contribution in [0.1, 0.15) is 28.5 Å². The first-order chi connectivity index (χ1) is 5.54. The van der Waals surface area contributed by atoms with Crippen LogP contribution in [-0.2, 0) is 0 Å². The van der Waals surface area contributed by atoms with Crippen molar-refractivity contribution in [3.05, 3.63) is 34.4 Å². The van der Waals surface area contributed by atoms with Crippen molar-refractivity contribution in [1.82, 2.24) is 0 Å². The van der Waals surface area contributed by atoms with Crippen LogP contribution in [0.2, 0.25) is 0 Å². The Kier molecular flexibility index (Phi) is 5.40. The normalized spacial score (nSPS) is 9.15. The Labute approximate surface area is 122 Å². The summed E-state index contributed by atoms with van der Waals surface area (Å²) in [5.74, 6) is -0.851. The fourth-order valence-electron chi connectivity index (χ4n) is 1.19. The molecular formula is C10H13KO2. The van der Waals surface area contributed by atoms with Gasteiger partial charge in [0.1, 0.15) is 0 Å². The van der Waals surface area contributed by atoms with Crippen molar-refractivity contribution in [2.24, 2.45) is 0 Å². The molecule has 66 valence electrons. The molecule has 0 aliphatic carbocycles. The Morgan fingerprint density at radius 1 is 1.23 bits per heavy atom. The molecule has 13 heavy (non-hydrogen) atoms. The maximum absolute atomic E-state index is 10.7. The summed E-state index contributed by atoms with van der Waals surface area (Å²) in [5.41, 5.74) is 3.47. The van der Waals surface area contributed by atoms with Gasteiger partial charge >= 0.3 is 57.4 Å². The van der Waals surface area contributed by atoms with Crippen LogP contribution in [0.25, 0.3) is 0 Å². The zero-order valence-electron chi connectivity index (χ0n) is 9.51. The van der Waals surface area contributed by atoms with E-state index in [0.717, 1.165) is 16.7 Å². The molecule has 1 rings (SSSR count).